The molecule has 0 bridgehead atoms. The second kappa shape index (κ2) is 5.79. The molecule has 0 saturated carbocycles. The van der Waals surface area contributed by atoms with E-state index in [4.69, 9.17) is 15.7 Å². The van der Waals surface area contributed by atoms with Crippen molar-refractivity contribution in [3.05, 3.63) is 0 Å². The first kappa shape index (κ1) is 11.2. The van der Waals surface area contributed by atoms with E-state index in [1.807, 2.05) is 18.9 Å². The Kier molecular flexibility index (Phi) is 5.40. The average molecular weight is 175 g/mol. The lowest BCUT2D eigenvalue weighted by Gasteiger charge is -2.22. The number of rotatable bonds is 5. The van der Waals surface area contributed by atoms with Gasteiger partial charge >= 0.3 is 0 Å². The Morgan fingerprint density at radius 2 is 2.33 bits per heavy atom. The third kappa shape index (κ3) is 3.54. The molecule has 1 atom stereocenters. The molecule has 0 heterocycles. The van der Waals surface area contributed by atoms with E-state index in [1.165, 1.54) is 0 Å². The van der Waals surface area contributed by atoms with Crippen LogP contribution in [0.25, 0.3) is 0 Å². The summed E-state index contributed by atoms with van der Waals surface area (Å²) in [5.41, 5.74) is 5.41. The van der Waals surface area contributed by atoms with Crippen LogP contribution in [0, 0.1) is 0 Å². The van der Waals surface area contributed by atoms with Crippen LogP contribution in [0.2, 0.25) is 0 Å². The van der Waals surface area contributed by atoms with Gasteiger partial charge in [-0.15, -0.1) is 0 Å². The van der Waals surface area contributed by atoms with Gasteiger partial charge in [-0.2, -0.15) is 0 Å². The molecule has 0 radical (unpaired) electrons. The first-order chi connectivity index (χ1) is 5.63. The highest BCUT2D eigenvalue weighted by molar-refractivity contribution is 5.84. The van der Waals surface area contributed by atoms with Crippen LogP contribution in [0.5, 0.6) is 0 Å². The minimum absolute atomic E-state index is 0.0647. The highest BCUT2D eigenvalue weighted by atomic mass is 16.5. The quantitative estimate of drug-likeness (QED) is 0.260. The van der Waals surface area contributed by atoms with E-state index in [0.29, 0.717) is 6.61 Å². The van der Waals surface area contributed by atoms with Crippen LogP contribution in [0.15, 0.2) is 5.16 Å². The molecule has 5 nitrogen and oxygen atoms in total. The summed E-state index contributed by atoms with van der Waals surface area (Å²) in [7, 11) is 3.53. The molecule has 1 unspecified atom stereocenters. The maximum atomic E-state index is 8.38. The summed E-state index contributed by atoms with van der Waals surface area (Å²) in [4.78, 5) is 1.94. The van der Waals surface area contributed by atoms with Gasteiger partial charge in [-0.3, -0.25) is 4.90 Å². The third-order valence-corrected chi connectivity index (χ3v) is 1.85. The zero-order chi connectivity index (χ0) is 9.56. The first-order valence-corrected chi connectivity index (χ1v) is 3.80. The summed E-state index contributed by atoms with van der Waals surface area (Å²) in [5, 5.41) is 11.3. The molecule has 12 heavy (non-hydrogen) atoms. The van der Waals surface area contributed by atoms with Gasteiger partial charge in [-0.1, -0.05) is 5.16 Å². The second-order valence-corrected chi connectivity index (χ2v) is 2.67. The fourth-order valence-electron chi connectivity index (χ4n) is 0.738. The van der Waals surface area contributed by atoms with E-state index in [2.05, 4.69) is 5.16 Å². The van der Waals surface area contributed by atoms with Crippen molar-refractivity contribution in [1.29, 1.82) is 0 Å². The highest BCUT2D eigenvalue weighted by Gasteiger charge is 2.12. The number of nitrogens with zero attached hydrogens (tertiary/aromatic N) is 2. The molecule has 0 spiro atoms. The molecule has 0 aliphatic rings. The standard InChI is InChI=1S/C7H17N3O2/c1-6(7(8)9-11)10(2)4-5-12-3/h6,11H,4-5H2,1-3H3,(H2,8,9). The second-order valence-electron chi connectivity index (χ2n) is 2.67. The summed E-state index contributed by atoms with van der Waals surface area (Å²) >= 11 is 0. The van der Waals surface area contributed by atoms with Gasteiger partial charge in [0, 0.05) is 13.7 Å². The zero-order valence-electron chi connectivity index (χ0n) is 7.82. The van der Waals surface area contributed by atoms with Crippen LogP contribution in [0.4, 0.5) is 0 Å². The SMILES string of the molecule is COCCN(C)C(C)C(N)=NO. The maximum absolute atomic E-state index is 8.38. The van der Waals surface area contributed by atoms with Crippen LogP contribution < -0.4 is 5.73 Å². The van der Waals surface area contributed by atoms with E-state index in [0.717, 1.165) is 6.54 Å². The lowest BCUT2D eigenvalue weighted by Crippen LogP contribution is -2.41. The van der Waals surface area contributed by atoms with Crippen molar-refractivity contribution in [2.45, 2.75) is 13.0 Å². The Morgan fingerprint density at radius 1 is 1.75 bits per heavy atom. The van der Waals surface area contributed by atoms with Crippen molar-refractivity contribution < 1.29 is 9.94 Å². The monoisotopic (exact) mass is 175 g/mol. The number of oxime groups is 1. The van der Waals surface area contributed by atoms with Crippen LogP contribution in [-0.4, -0.2) is 49.3 Å². The lowest BCUT2D eigenvalue weighted by molar-refractivity contribution is 0.154. The molecular weight excluding hydrogens is 158 g/mol. The van der Waals surface area contributed by atoms with Gasteiger partial charge in [-0.25, -0.2) is 0 Å². The van der Waals surface area contributed by atoms with Crippen molar-refractivity contribution in [3.63, 3.8) is 0 Å². The molecule has 0 saturated heterocycles. The fraction of sp³-hybridized carbons (Fsp3) is 0.857. The zero-order valence-corrected chi connectivity index (χ0v) is 7.82. The minimum Gasteiger partial charge on any atom is -0.409 e. The van der Waals surface area contributed by atoms with E-state index in [1.54, 1.807) is 7.11 Å². The van der Waals surface area contributed by atoms with E-state index in [9.17, 15) is 0 Å². The maximum Gasteiger partial charge on any atom is 0.156 e. The number of nitrogens with two attached hydrogens (primary N) is 1. The summed E-state index contributed by atoms with van der Waals surface area (Å²) < 4.78 is 4.89. The number of amidine groups is 1. The number of likely N-dealkylation sites (N-methyl/N-ethyl adjacent to an activating group) is 1. The number of methoxy groups -OCH3 is 1. The average Bonchev–Trinajstić information content (AvgIpc) is 2.11. The molecule has 5 heteroatoms. The Morgan fingerprint density at radius 3 is 2.75 bits per heavy atom. The lowest BCUT2D eigenvalue weighted by atomic mass is 10.3. The summed E-state index contributed by atoms with van der Waals surface area (Å²) in [6.45, 7) is 3.26. The molecule has 0 amide bonds. The van der Waals surface area contributed by atoms with Crippen molar-refractivity contribution in [2.75, 3.05) is 27.3 Å². The Balaban J connectivity index is 3.83. The molecule has 0 fully saturated rings. The van der Waals surface area contributed by atoms with Crippen LogP contribution >= 0.6 is 0 Å². The summed E-state index contributed by atoms with van der Waals surface area (Å²) in [6.07, 6.45) is 0. The van der Waals surface area contributed by atoms with Gasteiger partial charge in [0.1, 0.15) is 0 Å². The molecule has 0 aliphatic carbocycles. The molecule has 0 aromatic heterocycles. The Hall–Kier alpha value is -0.810. The van der Waals surface area contributed by atoms with Crippen molar-refractivity contribution in [3.8, 4) is 0 Å². The third-order valence-electron chi connectivity index (χ3n) is 1.85. The van der Waals surface area contributed by atoms with E-state index in [-0.39, 0.29) is 11.9 Å². The summed E-state index contributed by atoms with van der Waals surface area (Å²) in [5.74, 6) is 0.216. The van der Waals surface area contributed by atoms with Crippen LogP contribution in [0.1, 0.15) is 6.92 Å². The van der Waals surface area contributed by atoms with Gasteiger partial charge in [0.25, 0.3) is 0 Å². The number of hydrogen-bond acceptors (Lipinski definition) is 4. The molecule has 72 valence electrons. The predicted octanol–water partition coefficient (Wildman–Crippen LogP) is -0.300. The molecule has 0 rings (SSSR count). The molecular formula is C7H17N3O2. The first-order valence-electron chi connectivity index (χ1n) is 3.80. The smallest absolute Gasteiger partial charge is 0.156 e. The van der Waals surface area contributed by atoms with Crippen molar-refractivity contribution >= 4 is 5.84 Å². The van der Waals surface area contributed by atoms with Gasteiger partial charge in [0.05, 0.1) is 12.6 Å². The van der Waals surface area contributed by atoms with E-state index < -0.39 is 0 Å². The van der Waals surface area contributed by atoms with Crippen molar-refractivity contribution in [2.24, 2.45) is 10.9 Å². The normalized spacial score (nSPS) is 15.2. The highest BCUT2D eigenvalue weighted by Crippen LogP contribution is 1.94. The fourth-order valence-corrected chi connectivity index (χ4v) is 0.738. The predicted molar refractivity (Wildman–Crippen MR) is 47.4 cm³/mol. The minimum atomic E-state index is -0.0647. The van der Waals surface area contributed by atoms with Crippen LogP contribution in [0.3, 0.4) is 0 Å². The molecule has 0 aliphatic heterocycles. The number of ether oxygens (including phenoxy) is 1. The van der Waals surface area contributed by atoms with E-state index >= 15 is 0 Å². The molecule has 3 N–H and O–H groups in total. The number of hydrogen-bond donors (Lipinski definition) is 2. The van der Waals surface area contributed by atoms with Gasteiger partial charge in [0.2, 0.25) is 0 Å². The van der Waals surface area contributed by atoms with Crippen molar-refractivity contribution in [1.82, 2.24) is 4.90 Å². The summed E-state index contributed by atoms with van der Waals surface area (Å²) in [6, 6.07) is -0.0647. The van der Waals surface area contributed by atoms with Gasteiger partial charge in [0.15, 0.2) is 5.84 Å². The van der Waals surface area contributed by atoms with Crippen LogP contribution in [-0.2, 0) is 4.74 Å². The van der Waals surface area contributed by atoms with Gasteiger partial charge in [-0.05, 0) is 14.0 Å². The topological polar surface area (TPSA) is 71.1 Å². The molecule has 0 aromatic carbocycles. The molecule has 0 aromatic rings. The Bertz CT molecular complexity index is 150. The Labute approximate surface area is 72.8 Å². The van der Waals surface area contributed by atoms with Gasteiger partial charge < -0.3 is 15.7 Å². The largest absolute Gasteiger partial charge is 0.409 e.